The maximum absolute atomic E-state index is 12.4. The highest BCUT2D eigenvalue weighted by atomic mass is 35.5. The van der Waals surface area contributed by atoms with Crippen LogP contribution in [0.25, 0.3) is 0 Å². The summed E-state index contributed by atoms with van der Waals surface area (Å²) in [6.07, 6.45) is -0.603. The van der Waals surface area contributed by atoms with Gasteiger partial charge in [0.05, 0.1) is 0 Å². The molecule has 0 aliphatic heterocycles. The van der Waals surface area contributed by atoms with Crippen LogP contribution in [-0.2, 0) is 4.79 Å². The van der Waals surface area contributed by atoms with Gasteiger partial charge in [0, 0.05) is 10.7 Å². The molecule has 0 spiro atoms. The molecule has 4 heteroatoms. The van der Waals surface area contributed by atoms with Crippen LogP contribution in [-0.4, -0.2) is 12.0 Å². The molecule has 3 nitrogen and oxygen atoms in total. The van der Waals surface area contributed by atoms with Gasteiger partial charge >= 0.3 is 0 Å². The van der Waals surface area contributed by atoms with Crippen molar-refractivity contribution in [2.24, 2.45) is 0 Å². The minimum absolute atomic E-state index is 0.200. The van der Waals surface area contributed by atoms with E-state index in [4.69, 9.17) is 16.3 Å². The lowest BCUT2D eigenvalue weighted by atomic mass is 10.1. The fourth-order valence-corrected chi connectivity index (χ4v) is 2.50. The van der Waals surface area contributed by atoms with Crippen LogP contribution < -0.4 is 10.1 Å². The monoisotopic (exact) mass is 331 g/mol. The number of amides is 1. The Labute approximate surface area is 142 Å². The average molecular weight is 332 g/mol. The number of anilines is 1. The molecular formula is C19H22ClNO2. The number of nitrogens with one attached hydrogen (secondary N) is 1. The van der Waals surface area contributed by atoms with Crippen molar-refractivity contribution in [3.8, 4) is 5.75 Å². The zero-order valence-electron chi connectivity index (χ0n) is 14.2. The molecule has 0 radical (unpaired) electrons. The molecule has 0 saturated carbocycles. The van der Waals surface area contributed by atoms with E-state index in [9.17, 15) is 4.79 Å². The molecule has 0 fully saturated rings. The fourth-order valence-electron chi connectivity index (χ4n) is 2.33. The van der Waals surface area contributed by atoms with Crippen LogP contribution in [0, 0.1) is 27.7 Å². The molecule has 23 heavy (non-hydrogen) atoms. The van der Waals surface area contributed by atoms with Gasteiger partial charge in [-0.1, -0.05) is 23.7 Å². The summed E-state index contributed by atoms with van der Waals surface area (Å²) < 4.78 is 5.87. The molecule has 1 amide bonds. The van der Waals surface area contributed by atoms with Crippen molar-refractivity contribution in [1.29, 1.82) is 0 Å². The second-order valence-electron chi connectivity index (χ2n) is 5.91. The third-order valence-electron chi connectivity index (χ3n) is 3.89. The van der Waals surface area contributed by atoms with Crippen LogP contribution in [0.15, 0.2) is 30.3 Å². The number of carbonyl (C=O) groups excluding carboxylic acids is 1. The number of benzene rings is 2. The van der Waals surface area contributed by atoms with Crippen LogP contribution in [0.5, 0.6) is 5.75 Å². The van der Waals surface area contributed by atoms with E-state index in [0.717, 1.165) is 28.0 Å². The van der Waals surface area contributed by atoms with E-state index in [1.54, 1.807) is 19.1 Å². The summed E-state index contributed by atoms with van der Waals surface area (Å²) in [5.74, 6) is 0.543. The van der Waals surface area contributed by atoms with Crippen molar-refractivity contribution in [1.82, 2.24) is 0 Å². The molecule has 1 N–H and O–H groups in total. The van der Waals surface area contributed by atoms with Gasteiger partial charge < -0.3 is 10.1 Å². The number of hydrogen-bond donors (Lipinski definition) is 1. The van der Waals surface area contributed by atoms with Crippen molar-refractivity contribution in [3.63, 3.8) is 0 Å². The summed E-state index contributed by atoms with van der Waals surface area (Å²) in [5.41, 5.74) is 4.97. The first-order chi connectivity index (χ1) is 10.8. The van der Waals surface area contributed by atoms with Gasteiger partial charge in [-0.05, 0) is 75.1 Å². The van der Waals surface area contributed by atoms with Gasteiger partial charge in [-0.25, -0.2) is 0 Å². The van der Waals surface area contributed by atoms with Gasteiger partial charge in [-0.2, -0.15) is 0 Å². The maximum atomic E-state index is 12.4. The van der Waals surface area contributed by atoms with Crippen LogP contribution in [0.3, 0.4) is 0 Å². The molecule has 2 rings (SSSR count). The Kier molecular flexibility index (Phi) is 5.32. The first-order valence-electron chi connectivity index (χ1n) is 7.59. The number of aryl methyl sites for hydroxylation is 3. The Hall–Kier alpha value is -2.00. The van der Waals surface area contributed by atoms with Gasteiger partial charge in [0.25, 0.3) is 5.91 Å². The van der Waals surface area contributed by atoms with Crippen LogP contribution >= 0.6 is 11.6 Å². The lowest BCUT2D eigenvalue weighted by molar-refractivity contribution is -0.122. The van der Waals surface area contributed by atoms with Crippen LogP contribution in [0.4, 0.5) is 5.69 Å². The Morgan fingerprint density at radius 1 is 1.09 bits per heavy atom. The molecule has 0 saturated heterocycles. The zero-order chi connectivity index (χ0) is 17.1. The summed E-state index contributed by atoms with van der Waals surface area (Å²) in [4.78, 5) is 12.4. The third kappa shape index (κ3) is 4.26. The number of hydrogen-bond acceptors (Lipinski definition) is 2. The van der Waals surface area contributed by atoms with E-state index in [0.29, 0.717) is 10.7 Å². The Balaban J connectivity index is 2.13. The summed E-state index contributed by atoms with van der Waals surface area (Å²) in [5, 5.41) is 3.46. The lowest BCUT2D eigenvalue weighted by Crippen LogP contribution is -2.30. The zero-order valence-corrected chi connectivity index (χ0v) is 14.9. The highest BCUT2D eigenvalue weighted by Crippen LogP contribution is 2.25. The topological polar surface area (TPSA) is 38.3 Å². The van der Waals surface area contributed by atoms with Crippen LogP contribution in [0.2, 0.25) is 5.02 Å². The van der Waals surface area contributed by atoms with E-state index in [1.165, 1.54) is 0 Å². The third-order valence-corrected chi connectivity index (χ3v) is 4.13. The summed E-state index contributed by atoms with van der Waals surface area (Å²) in [7, 11) is 0. The van der Waals surface area contributed by atoms with E-state index in [1.807, 2.05) is 39.8 Å². The molecule has 2 aromatic rings. The highest BCUT2D eigenvalue weighted by molar-refractivity contribution is 6.31. The first-order valence-corrected chi connectivity index (χ1v) is 7.97. The van der Waals surface area contributed by atoms with E-state index in [2.05, 4.69) is 11.4 Å². The van der Waals surface area contributed by atoms with Gasteiger partial charge in [0.15, 0.2) is 6.10 Å². The number of ether oxygens (including phenoxy) is 1. The predicted octanol–water partition coefficient (Wildman–Crippen LogP) is 4.98. The standard InChI is InChI=1S/C19H22ClNO2/c1-11-8-13(3)14(4)18(9-11)23-15(5)19(22)21-17-10-16(20)7-6-12(17)2/h6-10,15H,1-5H3,(H,21,22)/t15-/m1/s1. The molecule has 122 valence electrons. The van der Waals surface area contributed by atoms with E-state index in [-0.39, 0.29) is 5.91 Å². The fraction of sp³-hybridized carbons (Fsp3) is 0.316. The maximum Gasteiger partial charge on any atom is 0.265 e. The van der Waals surface area contributed by atoms with E-state index < -0.39 is 6.10 Å². The van der Waals surface area contributed by atoms with Crippen molar-refractivity contribution in [2.75, 3.05) is 5.32 Å². The molecule has 0 unspecified atom stereocenters. The molecule has 0 aliphatic carbocycles. The van der Waals surface area contributed by atoms with Gasteiger partial charge in [-0.3, -0.25) is 4.79 Å². The molecule has 1 atom stereocenters. The van der Waals surface area contributed by atoms with Crippen molar-refractivity contribution in [2.45, 2.75) is 40.7 Å². The van der Waals surface area contributed by atoms with Crippen molar-refractivity contribution < 1.29 is 9.53 Å². The van der Waals surface area contributed by atoms with Gasteiger partial charge in [-0.15, -0.1) is 0 Å². The van der Waals surface area contributed by atoms with E-state index >= 15 is 0 Å². The number of rotatable bonds is 4. The summed E-state index contributed by atoms with van der Waals surface area (Å²) in [6, 6.07) is 9.46. The molecular weight excluding hydrogens is 310 g/mol. The van der Waals surface area contributed by atoms with Crippen molar-refractivity contribution >= 4 is 23.2 Å². The smallest absolute Gasteiger partial charge is 0.265 e. The van der Waals surface area contributed by atoms with Crippen LogP contribution in [0.1, 0.15) is 29.2 Å². The summed E-state index contributed by atoms with van der Waals surface area (Å²) in [6.45, 7) is 9.71. The molecule has 0 aliphatic rings. The highest BCUT2D eigenvalue weighted by Gasteiger charge is 2.17. The van der Waals surface area contributed by atoms with Gasteiger partial charge in [0.1, 0.15) is 5.75 Å². The summed E-state index contributed by atoms with van der Waals surface area (Å²) >= 11 is 5.98. The quantitative estimate of drug-likeness (QED) is 0.858. The second kappa shape index (κ2) is 7.05. The number of halogens is 1. The Morgan fingerprint density at radius 2 is 1.78 bits per heavy atom. The second-order valence-corrected chi connectivity index (χ2v) is 6.35. The lowest BCUT2D eigenvalue weighted by Gasteiger charge is -2.18. The minimum Gasteiger partial charge on any atom is -0.481 e. The number of carbonyl (C=O) groups is 1. The van der Waals surface area contributed by atoms with Crippen molar-refractivity contribution in [3.05, 3.63) is 57.6 Å². The first kappa shape index (κ1) is 17.4. The Morgan fingerprint density at radius 3 is 2.48 bits per heavy atom. The van der Waals surface area contributed by atoms with Gasteiger partial charge in [0.2, 0.25) is 0 Å². The molecule has 2 aromatic carbocycles. The SMILES string of the molecule is Cc1cc(C)c(C)c(O[C@H](C)C(=O)Nc2cc(Cl)ccc2C)c1. The largest absolute Gasteiger partial charge is 0.481 e. The predicted molar refractivity (Wildman–Crippen MR) is 95.6 cm³/mol. The normalized spacial score (nSPS) is 11.9. The average Bonchev–Trinajstić information content (AvgIpc) is 2.47. The molecule has 0 bridgehead atoms. The molecule has 0 heterocycles. The molecule has 0 aromatic heterocycles. The minimum atomic E-state index is -0.603. The Bertz CT molecular complexity index is 740.